The molecule has 90 valence electrons. The standard InChI is InChI=1S/C14H22OS/c1-4-11-5-7-12-9-14(10(2)15-3)16-13(12)8-6-11/h9-11H,4-8H2,1-3H3. The lowest BCUT2D eigenvalue weighted by Crippen LogP contribution is -1.98. The van der Waals surface area contributed by atoms with Crippen LogP contribution in [0.2, 0.25) is 0 Å². The van der Waals surface area contributed by atoms with Gasteiger partial charge in [0, 0.05) is 16.9 Å². The van der Waals surface area contributed by atoms with Gasteiger partial charge in [-0.15, -0.1) is 11.3 Å². The minimum absolute atomic E-state index is 0.263. The first-order valence-electron chi connectivity index (χ1n) is 6.38. The molecule has 0 bridgehead atoms. The van der Waals surface area contributed by atoms with E-state index in [0.717, 1.165) is 5.92 Å². The Hall–Kier alpha value is -0.340. The molecular weight excluding hydrogens is 216 g/mol. The average Bonchev–Trinajstić information content (AvgIpc) is 2.63. The van der Waals surface area contributed by atoms with E-state index in [4.69, 9.17) is 4.74 Å². The summed E-state index contributed by atoms with van der Waals surface area (Å²) in [6, 6.07) is 2.38. The molecule has 1 nitrogen and oxygen atoms in total. The number of methoxy groups -OCH3 is 1. The van der Waals surface area contributed by atoms with Crippen molar-refractivity contribution in [2.75, 3.05) is 7.11 Å². The third kappa shape index (κ3) is 2.49. The molecule has 0 saturated carbocycles. The van der Waals surface area contributed by atoms with Crippen LogP contribution in [0.25, 0.3) is 0 Å². The van der Waals surface area contributed by atoms with Gasteiger partial charge in [0.25, 0.3) is 0 Å². The van der Waals surface area contributed by atoms with Crippen LogP contribution in [0, 0.1) is 5.92 Å². The van der Waals surface area contributed by atoms with Gasteiger partial charge in [-0.05, 0) is 50.2 Å². The van der Waals surface area contributed by atoms with Crippen molar-refractivity contribution in [1.82, 2.24) is 0 Å². The molecule has 0 fully saturated rings. The number of hydrogen-bond donors (Lipinski definition) is 0. The van der Waals surface area contributed by atoms with Crippen molar-refractivity contribution in [1.29, 1.82) is 0 Å². The lowest BCUT2D eigenvalue weighted by atomic mass is 9.97. The Labute approximate surface area is 103 Å². The van der Waals surface area contributed by atoms with E-state index in [1.807, 2.05) is 11.3 Å². The van der Waals surface area contributed by atoms with E-state index in [0.29, 0.717) is 0 Å². The number of fused-ring (bicyclic) bond motifs is 1. The maximum absolute atomic E-state index is 5.40. The van der Waals surface area contributed by atoms with Crippen LogP contribution >= 0.6 is 11.3 Å². The molecule has 1 heterocycles. The van der Waals surface area contributed by atoms with E-state index in [-0.39, 0.29) is 6.10 Å². The van der Waals surface area contributed by atoms with Crippen LogP contribution in [0.4, 0.5) is 0 Å². The van der Waals surface area contributed by atoms with Gasteiger partial charge in [-0.25, -0.2) is 0 Å². The second kappa shape index (κ2) is 5.33. The topological polar surface area (TPSA) is 9.23 Å². The largest absolute Gasteiger partial charge is 0.376 e. The van der Waals surface area contributed by atoms with E-state index < -0.39 is 0 Å². The molecular formula is C14H22OS. The summed E-state index contributed by atoms with van der Waals surface area (Å²) in [5.74, 6) is 0.947. The van der Waals surface area contributed by atoms with Gasteiger partial charge in [0.2, 0.25) is 0 Å². The van der Waals surface area contributed by atoms with Crippen molar-refractivity contribution < 1.29 is 4.74 Å². The summed E-state index contributed by atoms with van der Waals surface area (Å²) in [6.07, 6.45) is 6.93. The van der Waals surface area contributed by atoms with Gasteiger partial charge in [0.15, 0.2) is 0 Å². The number of hydrogen-bond acceptors (Lipinski definition) is 2. The number of thiophene rings is 1. The lowest BCUT2D eigenvalue weighted by molar-refractivity contribution is 0.122. The first-order valence-corrected chi connectivity index (χ1v) is 7.20. The van der Waals surface area contributed by atoms with Crippen LogP contribution in [0.5, 0.6) is 0 Å². The molecule has 0 aliphatic heterocycles. The predicted octanol–water partition coefficient (Wildman–Crippen LogP) is 4.36. The van der Waals surface area contributed by atoms with Crippen molar-refractivity contribution >= 4 is 11.3 Å². The van der Waals surface area contributed by atoms with Crippen LogP contribution in [-0.2, 0) is 17.6 Å². The van der Waals surface area contributed by atoms with E-state index in [1.54, 1.807) is 17.6 Å². The fourth-order valence-electron chi connectivity index (χ4n) is 2.48. The summed E-state index contributed by atoms with van der Waals surface area (Å²) in [5.41, 5.74) is 1.60. The molecule has 1 aromatic heterocycles. The van der Waals surface area contributed by atoms with Crippen LogP contribution in [-0.4, -0.2) is 7.11 Å². The Bertz CT molecular complexity index is 317. The summed E-state index contributed by atoms with van der Waals surface area (Å²) in [5, 5.41) is 0. The first kappa shape index (κ1) is 12.1. The molecule has 2 atom stereocenters. The minimum atomic E-state index is 0.263. The summed E-state index contributed by atoms with van der Waals surface area (Å²) < 4.78 is 5.40. The fraction of sp³-hybridized carbons (Fsp3) is 0.714. The molecule has 0 radical (unpaired) electrons. The van der Waals surface area contributed by atoms with Gasteiger partial charge < -0.3 is 4.74 Å². The van der Waals surface area contributed by atoms with E-state index >= 15 is 0 Å². The second-order valence-corrected chi connectivity index (χ2v) is 6.00. The molecule has 2 unspecified atom stereocenters. The Balaban J connectivity index is 2.13. The van der Waals surface area contributed by atoms with Crippen molar-refractivity contribution in [2.24, 2.45) is 5.92 Å². The SMILES string of the molecule is CCC1CCc2cc(C(C)OC)sc2CC1. The smallest absolute Gasteiger partial charge is 0.0885 e. The predicted molar refractivity (Wildman–Crippen MR) is 70.2 cm³/mol. The van der Waals surface area contributed by atoms with Gasteiger partial charge in [0.1, 0.15) is 0 Å². The first-order chi connectivity index (χ1) is 7.74. The van der Waals surface area contributed by atoms with Crippen LogP contribution < -0.4 is 0 Å². The van der Waals surface area contributed by atoms with Crippen LogP contribution in [0.1, 0.15) is 54.5 Å². The lowest BCUT2D eigenvalue weighted by Gasteiger charge is -2.10. The second-order valence-electron chi connectivity index (χ2n) is 4.83. The molecule has 1 aromatic rings. The quantitative estimate of drug-likeness (QED) is 0.711. The van der Waals surface area contributed by atoms with Crippen molar-refractivity contribution in [3.63, 3.8) is 0 Å². The molecule has 0 spiro atoms. The highest BCUT2D eigenvalue weighted by molar-refractivity contribution is 7.12. The van der Waals surface area contributed by atoms with Gasteiger partial charge in [-0.2, -0.15) is 0 Å². The van der Waals surface area contributed by atoms with Gasteiger partial charge >= 0.3 is 0 Å². The monoisotopic (exact) mass is 238 g/mol. The summed E-state index contributed by atoms with van der Waals surface area (Å²) >= 11 is 1.97. The van der Waals surface area contributed by atoms with Gasteiger partial charge in [0.05, 0.1) is 6.10 Å². The Morgan fingerprint density at radius 2 is 2.19 bits per heavy atom. The minimum Gasteiger partial charge on any atom is -0.376 e. The Kier molecular flexibility index (Phi) is 4.04. The number of rotatable bonds is 3. The zero-order chi connectivity index (χ0) is 11.5. The molecule has 2 rings (SSSR count). The summed E-state index contributed by atoms with van der Waals surface area (Å²) in [6.45, 7) is 4.46. The molecule has 2 heteroatoms. The van der Waals surface area contributed by atoms with Gasteiger partial charge in [-0.1, -0.05) is 13.3 Å². The number of ether oxygens (including phenoxy) is 1. The molecule has 0 amide bonds. The normalized spacial score (nSPS) is 22.6. The number of aryl methyl sites for hydroxylation is 2. The van der Waals surface area contributed by atoms with Crippen molar-refractivity contribution in [3.8, 4) is 0 Å². The van der Waals surface area contributed by atoms with E-state index in [2.05, 4.69) is 19.9 Å². The maximum Gasteiger partial charge on any atom is 0.0885 e. The van der Waals surface area contributed by atoms with Crippen LogP contribution in [0.3, 0.4) is 0 Å². The highest BCUT2D eigenvalue weighted by Gasteiger charge is 2.19. The molecule has 0 aromatic carbocycles. The molecule has 1 aliphatic carbocycles. The fourth-order valence-corrected chi connectivity index (χ4v) is 3.74. The molecule has 0 N–H and O–H groups in total. The molecule has 0 saturated heterocycles. The highest BCUT2D eigenvalue weighted by Crippen LogP contribution is 2.35. The zero-order valence-corrected chi connectivity index (χ0v) is 11.4. The van der Waals surface area contributed by atoms with Crippen molar-refractivity contribution in [3.05, 3.63) is 21.4 Å². The van der Waals surface area contributed by atoms with E-state index in [1.165, 1.54) is 37.0 Å². The maximum atomic E-state index is 5.40. The van der Waals surface area contributed by atoms with Crippen molar-refractivity contribution in [2.45, 2.75) is 52.1 Å². The van der Waals surface area contributed by atoms with Gasteiger partial charge in [-0.3, -0.25) is 0 Å². The Morgan fingerprint density at radius 1 is 1.44 bits per heavy atom. The molecule has 16 heavy (non-hydrogen) atoms. The third-order valence-electron chi connectivity index (χ3n) is 3.85. The average molecular weight is 238 g/mol. The molecule has 1 aliphatic rings. The summed E-state index contributed by atoms with van der Waals surface area (Å²) in [7, 11) is 1.79. The Morgan fingerprint density at radius 3 is 2.88 bits per heavy atom. The van der Waals surface area contributed by atoms with E-state index in [9.17, 15) is 0 Å². The summed E-state index contributed by atoms with van der Waals surface area (Å²) in [4.78, 5) is 3.03. The van der Waals surface area contributed by atoms with Crippen LogP contribution in [0.15, 0.2) is 6.07 Å². The zero-order valence-electron chi connectivity index (χ0n) is 10.6. The third-order valence-corrected chi connectivity index (χ3v) is 5.25. The highest BCUT2D eigenvalue weighted by atomic mass is 32.1.